The fraction of sp³-hybridized carbons (Fsp3) is 0.182. The minimum atomic E-state index is -1.48. The maximum absolute atomic E-state index is 13.0. The van der Waals surface area contributed by atoms with Crippen molar-refractivity contribution in [3.05, 3.63) is 29.0 Å². The van der Waals surface area contributed by atoms with Gasteiger partial charge in [0.1, 0.15) is 11.9 Å². The van der Waals surface area contributed by atoms with Gasteiger partial charge in [0.15, 0.2) is 0 Å². The molecular weight excluding hydrogens is 293 g/mol. The second kappa shape index (κ2) is 6.71. The lowest BCUT2D eigenvalue weighted by atomic mass is 10.2. The van der Waals surface area contributed by atoms with E-state index in [9.17, 15) is 18.8 Å². The van der Waals surface area contributed by atoms with Crippen molar-refractivity contribution in [1.29, 1.82) is 0 Å². The SMILES string of the molecule is NC(=O)C[C@H](NC(=O)Nc1cc(F)cc(Cl)c1)C(=O)O. The highest BCUT2D eigenvalue weighted by molar-refractivity contribution is 6.30. The molecule has 0 spiro atoms. The van der Waals surface area contributed by atoms with E-state index in [2.05, 4.69) is 5.32 Å². The molecule has 1 rings (SSSR count). The number of carboxylic acids is 1. The molecule has 0 heterocycles. The van der Waals surface area contributed by atoms with Crippen LogP contribution in [0.1, 0.15) is 6.42 Å². The van der Waals surface area contributed by atoms with E-state index in [0.29, 0.717) is 0 Å². The van der Waals surface area contributed by atoms with Crippen LogP contribution in [0.4, 0.5) is 14.9 Å². The first-order chi connectivity index (χ1) is 9.27. The third kappa shape index (κ3) is 5.11. The van der Waals surface area contributed by atoms with E-state index in [1.807, 2.05) is 5.32 Å². The lowest BCUT2D eigenvalue weighted by Gasteiger charge is -2.13. The summed E-state index contributed by atoms with van der Waals surface area (Å²) in [5, 5.41) is 13.1. The van der Waals surface area contributed by atoms with Crippen molar-refractivity contribution in [1.82, 2.24) is 5.32 Å². The number of anilines is 1. The summed E-state index contributed by atoms with van der Waals surface area (Å²) in [4.78, 5) is 33.0. The van der Waals surface area contributed by atoms with E-state index in [4.69, 9.17) is 22.4 Å². The Kier molecular flexibility index (Phi) is 5.27. The molecule has 0 unspecified atom stereocenters. The highest BCUT2D eigenvalue weighted by Gasteiger charge is 2.22. The van der Waals surface area contributed by atoms with Gasteiger partial charge in [-0.15, -0.1) is 0 Å². The van der Waals surface area contributed by atoms with Gasteiger partial charge in [-0.05, 0) is 18.2 Å². The lowest BCUT2D eigenvalue weighted by Crippen LogP contribution is -2.45. The van der Waals surface area contributed by atoms with Gasteiger partial charge in [-0.1, -0.05) is 11.6 Å². The van der Waals surface area contributed by atoms with Crippen LogP contribution >= 0.6 is 11.6 Å². The molecule has 0 fully saturated rings. The second-order valence-electron chi connectivity index (χ2n) is 3.82. The first kappa shape index (κ1) is 15.7. The number of carboxylic acid groups (broad SMARTS) is 1. The number of nitrogens with two attached hydrogens (primary N) is 1. The van der Waals surface area contributed by atoms with Gasteiger partial charge < -0.3 is 21.5 Å². The molecule has 5 N–H and O–H groups in total. The predicted octanol–water partition coefficient (Wildman–Crippen LogP) is 0.929. The monoisotopic (exact) mass is 303 g/mol. The molecule has 1 atom stereocenters. The Morgan fingerprint density at radius 3 is 2.50 bits per heavy atom. The van der Waals surface area contributed by atoms with Gasteiger partial charge in [-0.2, -0.15) is 0 Å². The van der Waals surface area contributed by atoms with Gasteiger partial charge in [0.05, 0.1) is 6.42 Å². The standard InChI is InChI=1S/C11H11ClFN3O4/c12-5-1-6(13)3-7(2-5)15-11(20)16-8(10(18)19)4-9(14)17/h1-3,8H,4H2,(H2,14,17)(H,18,19)(H2,15,16,20)/t8-/m0/s1. The smallest absolute Gasteiger partial charge is 0.326 e. The molecule has 0 aliphatic rings. The summed E-state index contributed by atoms with van der Waals surface area (Å²) in [6.07, 6.45) is -0.563. The Labute approximate surface area is 117 Å². The lowest BCUT2D eigenvalue weighted by molar-refractivity contribution is -0.140. The molecule has 0 aliphatic heterocycles. The summed E-state index contributed by atoms with van der Waals surface area (Å²) < 4.78 is 13.0. The number of benzene rings is 1. The van der Waals surface area contributed by atoms with Gasteiger partial charge in [-0.25, -0.2) is 14.0 Å². The third-order valence-electron chi connectivity index (χ3n) is 2.13. The van der Waals surface area contributed by atoms with Crippen LogP contribution in [-0.2, 0) is 9.59 Å². The molecule has 0 bridgehead atoms. The fourth-order valence-electron chi connectivity index (χ4n) is 1.35. The zero-order valence-corrected chi connectivity index (χ0v) is 10.8. The van der Waals surface area contributed by atoms with Crippen LogP contribution in [-0.4, -0.2) is 29.1 Å². The van der Waals surface area contributed by atoms with Crippen molar-refractivity contribution >= 4 is 35.2 Å². The van der Waals surface area contributed by atoms with Crippen LogP contribution in [0.2, 0.25) is 5.02 Å². The van der Waals surface area contributed by atoms with Gasteiger partial charge in [0.25, 0.3) is 0 Å². The van der Waals surface area contributed by atoms with Crippen molar-refractivity contribution in [3.8, 4) is 0 Å². The number of hydrogen-bond acceptors (Lipinski definition) is 3. The Hall–Kier alpha value is -2.35. The fourth-order valence-corrected chi connectivity index (χ4v) is 1.57. The van der Waals surface area contributed by atoms with Crippen molar-refractivity contribution in [2.24, 2.45) is 5.73 Å². The average molecular weight is 304 g/mol. The van der Waals surface area contributed by atoms with Gasteiger partial charge in [0.2, 0.25) is 5.91 Å². The summed E-state index contributed by atoms with van der Waals surface area (Å²) in [6.45, 7) is 0. The Balaban J connectivity index is 2.70. The number of primary amides is 1. The number of aliphatic carboxylic acids is 1. The maximum atomic E-state index is 13.0. The van der Waals surface area contributed by atoms with Crippen LogP contribution in [0, 0.1) is 5.82 Å². The van der Waals surface area contributed by atoms with E-state index in [1.165, 1.54) is 6.07 Å². The van der Waals surface area contributed by atoms with E-state index in [-0.39, 0.29) is 10.7 Å². The first-order valence-electron chi connectivity index (χ1n) is 5.32. The van der Waals surface area contributed by atoms with E-state index < -0.39 is 36.2 Å². The Morgan fingerprint density at radius 2 is 2.00 bits per heavy atom. The molecule has 3 amide bonds. The predicted molar refractivity (Wildman–Crippen MR) is 68.8 cm³/mol. The summed E-state index contributed by atoms with van der Waals surface area (Å²) in [6, 6.07) is 0.901. The molecule has 0 aromatic heterocycles. The summed E-state index contributed by atoms with van der Waals surface area (Å²) in [7, 11) is 0. The topological polar surface area (TPSA) is 122 Å². The van der Waals surface area contributed by atoms with Gasteiger partial charge >= 0.3 is 12.0 Å². The number of rotatable bonds is 5. The molecule has 1 aromatic carbocycles. The number of carbonyl (C=O) groups excluding carboxylic acids is 2. The van der Waals surface area contributed by atoms with Gasteiger partial charge in [-0.3, -0.25) is 4.79 Å². The Bertz CT molecular complexity index is 532. The highest BCUT2D eigenvalue weighted by Crippen LogP contribution is 2.17. The average Bonchev–Trinajstić information content (AvgIpc) is 2.25. The number of nitrogens with one attached hydrogen (secondary N) is 2. The maximum Gasteiger partial charge on any atom is 0.326 e. The third-order valence-corrected chi connectivity index (χ3v) is 2.35. The van der Waals surface area contributed by atoms with Crippen LogP contribution in [0.25, 0.3) is 0 Å². The summed E-state index contributed by atoms with van der Waals surface area (Å²) in [5.41, 5.74) is 4.90. The van der Waals surface area contributed by atoms with Gasteiger partial charge in [0, 0.05) is 10.7 Å². The van der Waals surface area contributed by atoms with Crippen LogP contribution < -0.4 is 16.4 Å². The summed E-state index contributed by atoms with van der Waals surface area (Å²) >= 11 is 5.59. The van der Waals surface area contributed by atoms with E-state index in [0.717, 1.165) is 12.1 Å². The van der Waals surface area contributed by atoms with E-state index in [1.54, 1.807) is 0 Å². The molecular formula is C11H11ClFN3O4. The molecule has 1 aromatic rings. The molecule has 0 saturated heterocycles. The zero-order chi connectivity index (χ0) is 15.3. The van der Waals surface area contributed by atoms with Crippen molar-refractivity contribution in [2.45, 2.75) is 12.5 Å². The summed E-state index contributed by atoms with van der Waals surface area (Å²) in [5.74, 6) is -2.97. The van der Waals surface area contributed by atoms with Crippen LogP contribution in [0.15, 0.2) is 18.2 Å². The normalized spacial score (nSPS) is 11.5. The van der Waals surface area contributed by atoms with Crippen molar-refractivity contribution < 1.29 is 23.9 Å². The molecule has 0 aliphatic carbocycles. The number of halogens is 2. The van der Waals surface area contributed by atoms with E-state index >= 15 is 0 Å². The minimum Gasteiger partial charge on any atom is -0.480 e. The molecule has 0 saturated carbocycles. The second-order valence-corrected chi connectivity index (χ2v) is 4.25. The van der Waals surface area contributed by atoms with Crippen molar-refractivity contribution in [2.75, 3.05) is 5.32 Å². The van der Waals surface area contributed by atoms with Crippen LogP contribution in [0.5, 0.6) is 0 Å². The van der Waals surface area contributed by atoms with Crippen molar-refractivity contribution in [3.63, 3.8) is 0 Å². The Morgan fingerprint density at radius 1 is 1.35 bits per heavy atom. The number of urea groups is 1. The minimum absolute atomic E-state index is 0.0377. The molecule has 7 nitrogen and oxygen atoms in total. The zero-order valence-electron chi connectivity index (χ0n) is 10.0. The first-order valence-corrected chi connectivity index (χ1v) is 5.70. The number of hydrogen-bond donors (Lipinski definition) is 4. The number of amides is 3. The highest BCUT2D eigenvalue weighted by atomic mass is 35.5. The molecule has 9 heteroatoms. The largest absolute Gasteiger partial charge is 0.480 e. The molecule has 108 valence electrons. The number of carbonyl (C=O) groups is 3. The van der Waals surface area contributed by atoms with Crippen LogP contribution in [0.3, 0.4) is 0 Å². The molecule has 0 radical (unpaired) electrons. The quantitative estimate of drug-likeness (QED) is 0.646. The molecule has 20 heavy (non-hydrogen) atoms.